The topological polar surface area (TPSA) is 29.3 Å². The van der Waals surface area contributed by atoms with Gasteiger partial charge in [0.2, 0.25) is 0 Å². The van der Waals surface area contributed by atoms with Crippen LogP contribution in [0.3, 0.4) is 0 Å². The summed E-state index contributed by atoms with van der Waals surface area (Å²) >= 11 is 1.88. The number of fused-ring (bicyclic) bond motifs is 7. The minimum Gasteiger partial charge on any atom is -0.360 e. The first-order chi connectivity index (χ1) is 23.8. The van der Waals surface area contributed by atoms with Crippen LogP contribution in [0, 0.1) is 5.92 Å². The molecule has 0 radical (unpaired) electrons. The summed E-state index contributed by atoms with van der Waals surface area (Å²) in [4.78, 5) is 5.37. The standard InChI is InChI=1S/C44H33N3S/c1-3-11-28(12-4-1)31-21-24-39-35(25-31)36-27-42-37(33-15-8-10-18-41(33)48-42)26-40(36)47(39)32-22-19-30(20-23-32)44-45-38-17-9-7-16-34(38)43(46-44)29-13-5-2-6-14-29/h1-5,7-12,15-27,29,44-45H,6,13-14H2. The Hall–Kier alpha value is -5.45. The number of hydrogen-bond acceptors (Lipinski definition) is 3. The lowest BCUT2D eigenvalue weighted by molar-refractivity contribution is 0.608. The van der Waals surface area contributed by atoms with E-state index in [0.717, 1.165) is 24.9 Å². The van der Waals surface area contributed by atoms with Crippen LogP contribution < -0.4 is 5.32 Å². The van der Waals surface area contributed by atoms with Gasteiger partial charge in [-0.3, -0.25) is 4.99 Å². The molecule has 0 fully saturated rings. The number of anilines is 1. The van der Waals surface area contributed by atoms with Crippen LogP contribution >= 0.6 is 11.3 Å². The third-order valence-electron chi connectivity index (χ3n) is 10.3. The van der Waals surface area contributed by atoms with Crippen LogP contribution in [0.5, 0.6) is 0 Å². The average Bonchev–Trinajstić information content (AvgIpc) is 3.68. The maximum atomic E-state index is 5.37. The van der Waals surface area contributed by atoms with Crippen LogP contribution in [0.1, 0.15) is 36.6 Å². The molecule has 3 heterocycles. The van der Waals surface area contributed by atoms with Crippen molar-refractivity contribution in [3.8, 4) is 16.8 Å². The van der Waals surface area contributed by atoms with Gasteiger partial charge < -0.3 is 9.88 Å². The molecule has 3 nitrogen and oxygen atoms in total. The molecular weight excluding hydrogens is 603 g/mol. The van der Waals surface area contributed by atoms with E-state index in [4.69, 9.17) is 4.99 Å². The number of aromatic nitrogens is 1. The minimum absolute atomic E-state index is 0.113. The van der Waals surface area contributed by atoms with Gasteiger partial charge in [0, 0.05) is 53.8 Å². The molecule has 2 aromatic heterocycles. The predicted octanol–water partition coefficient (Wildman–Crippen LogP) is 12.1. The second-order valence-corrected chi connectivity index (χ2v) is 14.2. The van der Waals surface area contributed by atoms with Crippen molar-refractivity contribution in [2.24, 2.45) is 10.9 Å². The van der Waals surface area contributed by atoms with E-state index in [2.05, 4.69) is 155 Å². The van der Waals surface area contributed by atoms with Gasteiger partial charge in [0.1, 0.15) is 6.17 Å². The Morgan fingerprint density at radius 3 is 2.31 bits per heavy atom. The van der Waals surface area contributed by atoms with Crippen LogP contribution in [0.25, 0.3) is 58.8 Å². The van der Waals surface area contributed by atoms with Crippen molar-refractivity contribution < 1.29 is 0 Å². The van der Waals surface area contributed by atoms with Crippen molar-refractivity contribution >= 4 is 64.7 Å². The van der Waals surface area contributed by atoms with E-state index < -0.39 is 0 Å². The Morgan fingerprint density at radius 1 is 0.625 bits per heavy atom. The number of para-hydroxylation sites is 1. The number of benzene rings is 6. The highest BCUT2D eigenvalue weighted by atomic mass is 32.1. The molecule has 230 valence electrons. The fourth-order valence-corrected chi connectivity index (χ4v) is 9.00. The lowest BCUT2D eigenvalue weighted by Crippen LogP contribution is -2.26. The smallest absolute Gasteiger partial charge is 0.145 e. The normalized spacial score (nSPS) is 17.5. The fraction of sp³-hybridized carbons (Fsp3) is 0.114. The van der Waals surface area contributed by atoms with Gasteiger partial charge in [-0.1, -0.05) is 97.1 Å². The van der Waals surface area contributed by atoms with Crippen molar-refractivity contribution in [3.05, 3.63) is 157 Å². The molecule has 4 heteroatoms. The number of nitrogens with one attached hydrogen (secondary N) is 1. The summed E-state index contributed by atoms with van der Waals surface area (Å²) < 4.78 is 5.10. The third kappa shape index (κ3) is 4.44. The summed E-state index contributed by atoms with van der Waals surface area (Å²) in [7, 11) is 0. The summed E-state index contributed by atoms with van der Waals surface area (Å²) in [5.74, 6) is 0.462. The van der Waals surface area contributed by atoms with Crippen LogP contribution in [-0.4, -0.2) is 10.3 Å². The van der Waals surface area contributed by atoms with E-state index in [1.807, 2.05) is 11.3 Å². The zero-order valence-corrected chi connectivity index (χ0v) is 27.3. The van der Waals surface area contributed by atoms with E-state index in [1.54, 1.807) is 0 Å². The van der Waals surface area contributed by atoms with Gasteiger partial charge in [-0.2, -0.15) is 0 Å². The Labute approximate surface area is 283 Å². The number of allylic oxidation sites excluding steroid dienone is 2. The van der Waals surface area contributed by atoms with Gasteiger partial charge in [0.15, 0.2) is 0 Å². The molecule has 2 unspecified atom stereocenters. The Kier molecular flexibility index (Phi) is 6.38. The Balaban J connectivity index is 1.12. The number of thiophene rings is 1. The van der Waals surface area contributed by atoms with Crippen molar-refractivity contribution in [2.75, 3.05) is 5.32 Å². The van der Waals surface area contributed by atoms with Crippen molar-refractivity contribution in [1.82, 2.24) is 4.57 Å². The van der Waals surface area contributed by atoms with E-state index in [1.165, 1.54) is 75.6 Å². The zero-order valence-electron chi connectivity index (χ0n) is 26.4. The molecule has 1 aliphatic heterocycles. The summed E-state index contributed by atoms with van der Waals surface area (Å²) in [5.41, 5.74) is 10.9. The quantitative estimate of drug-likeness (QED) is 0.192. The van der Waals surface area contributed by atoms with E-state index in [0.29, 0.717) is 5.92 Å². The molecule has 1 N–H and O–H groups in total. The van der Waals surface area contributed by atoms with Gasteiger partial charge in [0.05, 0.1) is 16.7 Å². The first kappa shape index (κ1) is 27.6. The van der Waals surface area contributed by atoms with Crippen LogP contribution in [-0.2, 0) is 0 Å². The summed E-state index contributed by atoms with van der Waals surface area (Å²) in [6.07, 6.45) is 7.86. The lowest BCUT2D eigenvalue weighted by Gasteiger charge is -2.30. The number of rotatable bonds is 4. The lowest BCUT2D eigenvalue weighted by atomic mass is 9.85. The predicted molar refractivity (Wildman–Crippen MR) is 205 cm³/mol. The molecule has 48 heavy (non-hydrogen) atoms. The Morgan fingerprint density at radius 2 is 1.44 bits per heavy atom. The maximum Gasteiger partial charge on any atom is 0.145 e. The van der Waals surface area contributed by atoms with Crippen molar-refractivity contribution in [1.29, 1.82) is 0 Å². The highest BCUT2D eigenvalue weighted by Crippen LogP contribution is 2.42. The molecule has 2 aliphatic rings. The molecule has 8 aromatic rings. The molecule has 0 bridgehead atoms. The molecule has 0 saturated heterocycles. The second kappa shape index (κ2) is 11.1. The number of hydrogen-bond donors (Lipinski definition) is 1. The van der Waals surface area contributed by atoms with Gasteiger partial charge >= 0.3 is 0 Å². The summed E-state index contributed by atoms with van der Waals surface area (Å²) in [6.45, 7) is 0. The largest absolute Gasteiger partial charge is 0.360 e. The zero-order chi connectivity index (χ0) is 31.6. The Bertz CT molecular complexity index is 2570. The van der Waals surface area contributed by atoms with Crippen LogP contribution in [0.2, 0.25) is 0 Å². The van der Waals surface area contributed by atoms with Crippen molar-refractivity contribution in [3.63, 3.8) is 0 Å². The van der Waals surface area contributed by atoms with Gasteiger partial charge in [0.25, 0.3) is 0 Å². The molecule has 6 aromatic carbocycles. The van der Waals surface area contributed by atoms with E-state index in [9.17, 15) is 0 Å². The van der Waals surface area contributed by atoms with E-state index >= 15 is 0 Å². The van der Waals surface area contributed by atoms with Crippen LogP contribution in [0.15, 0.2) is 151 Å². The van der Waals surface area contributed by atoms with Gasteiger partial charge in [-0.05, 0) is 84.5 Å². The molecule has 2 atom stereocenters. The monoisotopic (exact) mass is 635 g/mol. The molecule has 10 rings (SSSR count). The first-order valence-electron chi connectivity index (χ1n) is 16.9. The molecular formula is C44H33N3S. The fourth-order valence-electron chi connectivity index (χ4n) is 7.88. The molecule has 0 spiro atoms. The SMILES string of the molecule is C1=CCC(C2=NC(c3ccc(-n4c5ccc(-c6ccccc6)cc5c5cc6sc7ccccc7c6cc54)cc3)Nc3ccccc32)CC1. The molecule has 1 aliphatic carbocycles. The first-order valence-corrected chi connectivity index (χ1v) is 17.7. The van der Waals surface area contributed by atoms with Gasteiger partial charge in [-0.25, -0.2) is 0 Å². The summed E-state index contributed by atoms with van der Waals surface area (Å²) in [6, 6.07) is 49.0. The molecule has 0 amide bonds. The minimum atomic E-state index is -0.113. The van der Waals surface area contributed by atoms with E-state index in [-0.39, 0.29) is 6.17 Å². The highest BCUT2D eigenvalue weighted by molar-refractivity contribution is 7.25. The number of nitrogens with zero attached hydrogens (tertiary/aromatic N) is 2. The molecule has 0 saturated carbocycles. The van der Waals surface area contributed by atoms with Crippen molar-refractivity contribution in [2.45, 2.75) is 25.4 Å². The van der Waals surface area contributed by atoms with Crippen LogP contribution in [0.4, 0.5) is 5.69 Å². The third-order valence-corrected chi connectivity index (χ3v) is 11.4. The summed E-state index contributed by atoms with van der Waals surface area (Å²) in [5, 5.41) is 8.94. The second-order valence-electron chi connectivity index (χ2n) is 13.1. The average molecular weight is 636 g/mol. The van der Waals surface area contributed by atoms with Gasteiger partial charge in [-0.15, -0.1) is 11.3 Å². The highest BCUT2D eigenvalue weighted by Gasteiger charge is 2.27. The number of aliphatic imine (C=N–C) groups is 1. The maximum absolute atomic E-state index is 5.37.